The molecule has 4 nitrogen and oxygen atoms in total. The number of likely N-dealkylation sites (tertiary alicyclic amines) is 1. The van der Waals surface area contributed by atoms with Gasteiger partial charge in [0.1, 0.15) is 18.2 Å². The highest BCUT2D eigenvalue weighted by molar-refractivity contribution is 5.83. The van der Waals surface area contributed by atoms with Crippen LogP contribution in [0.5, 0.6) is 5.75 Å². The smallest absolute Gasteiger partial charge is 0.142 e. The third kappa shape index (κ3) is 4.04. The summed E-state index contributed by atoms with van der Waals surface area (Å²) in [5, 5.41) is 1.05. The van der Waals surface area contributed by atoms with Gasteiger partial charge in [-0.05, 0) is 87.1 Å². The molecule has 3 aromatic rings. The molecule has 1 saturated heterocycles. The zero-order chi connectivity index (χ0) is 20.3. The predicted octanol–water partition coefficient (Wildman–Crippen LogP) is 5.17. The minimum atomic E-state index is -0.149. The number of nitrogens with one attached hydrogen (secondary N) is 1. The minimum absolute atomic E-state index is 0.149. The Kier molecular flexibility index (Phi) is 5.63. The van der Waals surface area contributed by atoms with Gasteiger partial charge in [0.2, 0.25) is 0 Å². The van der Waals surface area contributed by atoms with E-state index in [0.29, 0.717) is 5.92 Å². The number of para-hydroxylation sites is 2. The zero-order valence-corrected chi connectivity index (χ0v) is 17.4. The number of hydrogen-bond donors (Lipinski definition) is 1. The number of unbranched alkanes of at least 4 members (excludes halogenated alkanes) is 1. The largest absolute Gasteiger partial charge is 0.490 e. The number of rotatable bonds is 6. The summed E-state index contributed by atoms with van der Waals surface area (Å²) >= 11 is 0. The highest BCUT2D eigenvalue weighted by Crippen LogP contribution is 2.34. The van der Waals surface area contributed by atoms with Crippen molar-refractivity contribution in [1.82, 2.24) is 9.88 Å². The molecule has 2 aliphatic heterocycles. The van der Waals surface area contributed by atoms with Crippen molar-refractivity contribution in [2.45, 2.75) is 31.6 Å². The molecule has 30 heavy (non-hydrogen) atoms. The topological polar surface area (TPSA) is 31.5 Å². The normalized spacial score (nSPS) is 17.8. The van der Waals surface area contributed by atoms with Crippen LogP contribution in [0.25, 0.3) is 10.9 Å². The second-order valence-electron chi connectivity index (χ2n) is 8.56. The van der Waals surface area contributed by atoms with Crippen molar-refractivity contribution in [2.75, 3.05) is 44.2 Å². The van der Waals surface area contributed by atoms with Gasteiger partial charge in [0, 0.05) is 23.6 Å². The average Bonchev–Trinajstić information content (AvgIpc) is 3.20. The van der Waals surface area contributed by atoms with Crippen LogP contribution in [0.3, 0.4) is 0 Å². The lowest BCUT2D eigenvalue weighted by molar-refractivity contribution is 0.209. The molecule has 0 unspecified atom stereocenters. The van der Waals surface area contributed by atoms with Crippen LogP contribution < -0.4 is 9.64 Å². The molecule has 0 saturated carbocycles. The maximum Gasteiger partial charge on any atom is 0.142 e. The number of ether oxygens (including phenoxy) is 1. The molecule has 2 aliphatic rings. The summed E-state index contributed by atoms with van der Waals surface area (Å²) in [5.41, 5.74) is 3.56. The fourth-order valence-electron chi connectivity index (χ4n) is 5.02. The van der Waals surface area contributed by atoms with Crippen molar-refractivity contribution in [3.05, 3.63) is 60.0 Å². The predicted molar refractivity (Wildman–Crippen MR) is 120 cm³/mol. The molecule has 5 rings (SSSR count). The summed E-state index contributed by atoms with van der Waals surface area (Å²) in [7, 11) is 0. The highest BCUT2D eigenvalue weighted by atomic mass is 19.1. The molecule has 1 fully saturated rings. The van der Waals surface area contributed by atoms with Crippen molar-refractivity contribution in [3.63, 3.8) is 0 Å². The molecule has 158 valence electrons. The van der Waals surface area contributed by atoms with Crippen LogP contribution >= 0.6 is 0 Å². The number of piperidine rings is 1. The Morgan fingerprint density at radius 1 is 1.00 bits per heavy atom. The van der Waals surface area contributed by atoms with Crippen molar-refractivity contribution in [2.24, 2.45) is 0 Å². The van der Waals surface area contributed by atoms with Crippen LogP contribution in [0, 0.1) is 5.82 Å². The van der Waals surface area contributed by atoms with Gasteiger partial charge in [-0.25, -0.2) is 4.39 Å². The van der Waals surface area contributed by atoms with Crippen LogP contribution in [0.4, 0.5) is 10.1 Å². The molecular weight excluding hydrogens is 377 g/mol. The molecule has 0 amide bonds. The maximum absolute atomic E-state index is 13.7. The lowest BCUT2D eigenvalue weighted by atomic mass is 9.89. The Labute approximate surface area is 177 Å². The van der Waals surface area contributed by atoms with E-state index >= 15 is 0 Å². The lowest BCUT2D eigenvalue weighted by Crippen LogP contribution is -2.35. The van der Waals surface area contributed by atoms with E-state index in [2.05, 4.69) is 39.2 Å². The molecule has 1 aromatic heterocycles. The summed E-state index contributed by atoms with van der Waals surface area (Å²) in [6.07, 6.45) is 6.82. The van der Waals surface area contributed by atoms with Crippen molar-refractivity contribution in [3.8, 4) is 5.75 Å². The zero-order valence-electron chi connectivity index (χ0n) is 17.4. The van der Waals surface area contributed by atoms with E-state index in [-0.39, 0.29) is 5.82 Å². The van der Waals surface area contributed by atoms with E-state index in [1.54, 1.807) is 6.07 Å². The van der Waals surface area contributed by atoms with E-state index in [4.69, 9.17) is 4.74 Å². The minimum Gasteiger partial charge on any atom is -0.490 e. The highest BCUT2D eigenvalue weighted by Gasteiger charge is 2.23. The summed E-state index contributed by atoms with van der Waals surface area (Å²) in [6.45, 7) is 6.29. The summed E-state index contributed by atoms with van der Waals surface area (Å²) in [6, 6.07) is 13.4. The first-order valence-electron chi connectivity index (χ1n) is 11.2. The summed E-state index contributed by atoms with van der Waals surface area (Å²) in [5.74, 6) is 1.40. The molecule has 0 radical (unpaired) electrons. The Hall–Kier alpha value is -2.53. The number of aromatic amines is 1. The van der Waals surface area contributed by atoms with Crippen LogP contribution in [0.15, 0.2) is 48.7 Å². The number of benzene rings is 2. The lowest BCUT2D eigenvalue weighted by Gasteiger charge is -2.33. The number of hydrogen-bond acceptors (Lipinski definition) is 3. The molecule has 0 spiro atoms. The molecule has 0 aliphatic carbocycles. The third-order valence-corrected chi connectivity index (χ3v) is 6.68. The summed E-state index contributed by atoms with van der Waals surface area (Å²) in [4.78, 5) is 8.37. The molecule has 0 bridgehead atoms. The number of halogens is 1. The summed E-state index contributed by atoms with van der Waals surface area (Å²) < 4.78 is 19.4. The Balaban J connectivity index is 1.09. The number of aromatic nitrogens is 1. The first-order chi connectivity index (χ1) is 14.8. The fraction of sp³-hybridized carbons (Fsp3) is 0.440. The van der Waals surface area contributed by atoms with Crippen molar-refractivity contribution < 1.29 is 9.13 Å². The standard InChI is InChI=1S/C25H30FN3O/c26-20-7-8-23-21(17-20)22(18-27-23)19-9-13-28(14-10-19)11-3-4-12-29-15-16-30-25-6-2-1-5-24(25)29/h1-2,5-8,17-19,27H,3-4,9-16H2. The van der Waals surface area contributed by atoms with Crippen LogP contribution in [-0.2, 0) is 0 Å². The van der Waals surface area contributed by atoms with Crippen LogP contribution in [-0.4, -0.2) is 49.2 Å². The molecule has 5 heteroatoms. The van der Waals surface area contributed by atoms with Gasteiger partial charge in [0.05, 0.1) is 12.2 Å². The number of fused-ring (bicyclic) bond motifs is 2. The van der Waals surface area contributed by atoms with Gasteiger partial charge in [-0.1, -0.05) is 12.1 Å². The quantitative estimate of drug-likeness (QED) is 0.573. The van der Waals surface area contributed by atoms with Crippen LogP contribution in [0.1, 0.15) is 37.2 Å². The monoisotopic (exact) mass is 407 g/mol. The average molecular weight is 408 g/mol. The van der Waals surface area contributed by atoms with Gasteiger partial charge >= 0.3 is 0 Å². The van der Waals surface area contributed by atoms with Crippen molar-refractivity contribution in [1.29, 1.82) is 0 Å². The number of anilines is 1. The van der Waals surface area contributed by atoms with Gasteiger partial charge in [-0.3, -0.25) is 0 Å². The third-order valence-electron chi connectivity index (χ3n) is 6.68. The van der Waals surface area contributed by atoms with Gasteiger partial charge in [-0.15, -0.1) is 0 Å². The molecule has 2 aromatic carbocycles. The Morgan fingerprint density at radius 3 is 2.73 bits per heavy atom. The maximum atomic E-state index is 13.7. The van der Waals surface area contributed by atoms with E-state index in [0.717, 1.165) is 62.3 Å². The second kappa shape index (κ2) is 8.68. The molecular formula is C25H30FN3O. The van der Waals surface area contributed by atoms with Gasteiger partial charge in [0.25, 0.3) is 0 Å². The van der Waals surface area contributed by atoms with Gasteiger partial charge < -0.3 is 19.5 Å². The SMILES string of the molecule is Fc1ccc2[nH]cc(C3CCN(CCCCN4CCOc5ccccc54)CC3)c2c1. The number of H-pyrrole nitrogens is 1. The van der Waals surface area contributed by atoms with E-state index < -0.39 is 0 Å². The first-order valence-corrected chi connectivity index (χ1v) is 11.2. The second-order valence-corrected chi connectivity index (χ2v) is 8.56. The molecule has 1 N–H and O–H groups in total. The van der Waals surface area contributed by atoms with E-state index in [9.17, 15) is 4.39 Å². The van der Waals surface area contributed by atoms with Gasteiger partial charge in [-0.2, -0.15) is 0 Å². The van der Waals surface area contributed by atoms with Crippen LogP contribution in [0.2, 0.25) is 0 Å². The van der Waals surface area contributed by atoms with E-state index in [1.807, 2.05) is 12.1 Å². The Bertz CT molecular complexity index is 993. The van der Waals surface area contributed by atoms with Gasteiger partial charge in [0.15, 0.2) is 0 Å². The van der Waals surface area contributed by atoms with E-state index in [1.165, 1.54) is 36.7 Å². The Morgan fingerprint density at radius 2 is 1.83 bits per heavy atom. The molecule has 3 heterocycles. The first kappa shape index (κ1) is 19.4. The molecule has 0 atom stereocenters. The number of nitrogens with zero attached hydrogens (tertiary/aromatic N) is 2. The van der Waals surface area contributed by atoms with Crippen molar-refractivity contribution >= 4 is 16.6 Å². The fourth-order valence-corrected chi connectivity index (χ4v) is 5.02.